The van der Waals surface area contributed by atoms with E-state index >= 15 is 0 Å². The minimum Gasteiger partial charge on any atom is -0.593 e. The number of para-hydroxylation sites is 1. The van der Waals surface area contributed by atoms with Crippen LogP contribution in [0.25, 0.3) is 0 Å². The van der Waals surface area contributed by atoms with Crippen molar-refractivity contribution in [1.29, 1.82) is 0 Å². The van der Waals surface area contributed by atoms with Gasteiger partial charge in [0.15, 0.2) is 16.1 Å². The smallest absolute Gasteiger partial charge is 0.225 e. The Hall–Kier alpha value is -1.44. The fourth-order valence-corrected chi connectivity index (χ4v) is 6.06. The molecule has 1 saturated heterocycles. The zero-order valence-electron chi connectivity index (χ0n) is 14.9. The molecule has 1 amide bonds. The first-order valence-corrected chi connectivity index (χ1v) is 11.0. The molecule has 1 aliphatic carbocycles. The van der Waals surface area contributed by atoms with Crippen LogP contribution < -0.4 is 9.46 Å². The largest absolute Gasteiger partial charge is 0.593 e. The number of likely N-dealkylation sites (tertiary alicyclic amines) is 1. The topological polar surface area (TPSA) is 81.7 Å². The normalized spacial score (nSPS) is 32.6. The maximum absolute atomic E-state index is 13.0. The number of carbonyl (C=O) groups excluding carboxylic acids is 1. The molecule has 1 aromatic carbocycles. The lowest BCUT2D eigenvalue weighted by Crippen LogP contribution is -2.63. The van der Waals surface area contributed by atoms with Gasteiger partial charge in [0.1, 0.15) is 12.1 Å². The Morgan fingerprint density at radius 2 is 2.00 bits per heavy atom. The number of rotatable bonds is 1. The molecule has 2 atom stereocenters. The van der Waals surface area contributed by atoms with Gasteiger partial charge in [0.05, 0.1) is 0 Å². The predicted octanol–water partition coefficient (Wildman–Crippen LogP) is 2.51. The third-order valence-electron chi connectivity index (χ3n) is 5.84. The second-order valence-corrected chi connectivity index (χ2v) is 9.47. The van der Waals surface area contributed by atoms with E-state index in [0.717, 1.165) is 32.1 Å². The summed E-state index contributed by atoms with van der Waals surface area (Å²) in [6.07, 6.45) is 6.79. The SMILES string of the molecule is O=C(C1CCCCC1)N1CCCC2(COc3ccccc3[S+](=O)([O-])N2)C1. The number of amides is 1. The van der Waals surface area contributed by atoms with Crippen molar-refractivity contribution in [1.82, 2.24) is 9.62 Å². The van der Waals surface area contributed by atoms with Crippen molar-refractivity contribution in [3.8, 4) is 5.75 Å². The van der Waals surface area contributed by atoms with Crippen LogP contribution in [0.4, 0.5) is 0 Å². The minimum absolute atomic E-state index is 0.0967. The fraction of sp³-hybridized carbons (Fsp3) is 0.632. The van der Waals surface area contributed by atoms with E-state index in [1.54, 1.807) is 24.3 Å². The van der Waals surface area contributed by atoms with Crippen LogP contribution in [-0.2, 0) is 19.4 Å². The predicted molar refractivity (Wildman–Crippen MR) is 97.3 cm³/mol. The lowest BCUT2D eigenvalue weighted by atomic mass is 9.86. The van der Waals surface area contributed by atoms with Gasteiger partial charge in [-0.2, -0.15) is 0 Å². The van der Waals surface area contributed by atoms with Gasteiger partial charge in [-0.25, -0.2) is 0 Å². The summed E-state index contributed by atoms with van der Waals surface area (Å²) < 4.78 is 34.4. The molecule has 2 heterocycles. The van der Waals surface area contributed by atoms with E-state index in [2.05, 4.69) is 4.72 Å². The van der Waals surface area contributed by atoms with Gasteiger partial charge in [0.2, 0.25) is 10.8 Å². The van der Waals surface area contributed by atoms with E-state index in [1.807, 2.05) is 4.90 Å². The van der Waals surface area contributed by atoms with E-state index in [0.29, 0.717) is 25.3 Å². The Bertz CT molecular complexity index is 734. The van der Waals surface area contributed by atoms with Crippen LogP contribution in [0.2, 0.25) is 0 Å². The van der Waals surface area contributed by atoms with Gasteiger partial charge in [-0.15, -0.1) is 4.72 Å². The molecule has 142 valence electrons. The third-order valence-corrected chi connectivity index (χ3v) is 7.45. The third kappa shape index (κ3) is 3.40. The minimum atomic E-state index is -3.67. The molecular formula is C19H26N2O4S. The highest BCUT2D eigenvalue weighted by Crippen LogP contribution is 2.35. The van der Waals surface area contributed by atoms with Crippen LogP contribution >= 0.6 is 0 Å². The summed E-state index contributed by atoms with van der Waals surface area (Å²) in [6.45, 7) is 1.33. The van der Waals surface area contributed by atoms with Crippen molar-refractivity contribution < 1.29 is 18.3 Å². The van der Waals surface area contributed by atoms with E-state index in [-0.39, 0.29) is 23.3 Å². The number of sulfonamides is 1. The summed E-state index contributed by atoms with van der Waals surface area (Å²) in [6, 6.07) is 6.71. The summed E-state index contributed by atoms with van der Waals surface area (Å²) in [5, 5.41) is 0. The molecule has 2 unspecified atom stereocenters. The molecule has 0 bridgehead atoms. The average Bonchev–Trinajstić information content (AvgIpc) is 2.76. The van der Waals surface area contributed by atoms with Gasteiger partial charge < -0.3 is 14.2 Å². The Balaban J connectivity index is 1.55. The van der Waals surface area contributed by atoms with Gasteiger partial charge in [0.25, 0.3) is 0 Å². The lowest BCUT2D eigenvalue weighted by molar-refractivity contribution is -0.139. The van der Waals surface area contributed by atoms with Crippen LogP contribution in [0.3, 0.4) is 0 Å². The van der Waals surface area contributed by atoms with E-state index in [9.17, 15) is 13.6 Å². The summed E-state index contributed by atoms with van der Waals surface area (Å²) in [4.78, 5) is 15.0. The average molecular weight is 378 g/mol. The summed E-state index contributed by atoms with van der Waals surface area (Å²) in [7, 11) is -3.67. The summed E-state index contributed by atoms with van der Waals surface area (Å²) in [5.41, 5.74) is -0.750. The van der Waals surface area contributed by atoms with Crippen LogP contribution in [0.1, 0.15) is 44.9 Å². The maximum Gasteiger partial charge on any atom is 0.225 e. The lowest BCUT2D eigenvalue weighted by Gasteiger charge is -2.42. The Kier molecular flexibility index (Phi) is 4.79. The quantitative estimate of drug-likeness (QED) is 0.762. The highest BCUT2D eigenvalue weighted by molar-refractivity contribution is 7.96. The highest BCUT2D eigenvalue weighted by atomic mass is 32.3. The zero-order chi connectivity index (χ0) is 18.2. The first kappa shape index (κ1) is 17.9. The number of nitrogens with one attached hydrogen (secondary N) is 1. The van der Waals surface area contributed by atoms with Crippen molar-refractivity contribution in [2.75, 3.05) is 19.7 Å². The van der Waals surface area contributed by atoms with Gasteiger partial charge >= 0.3 is 0 Å². The molecule has 1 spiro atoms. The van der Waals surface area contributed by atoms with Crippen molar-refractivity contribution >= 4 is 16.3 Å². The second kappa shape index (κ2) is 6.94. The number of hydrogen-bond donors (Lipinski definition) is 1. The maximum atomic E-state index is 13.0. The zero-order valence-corrected chi connectivity index (χ0v) is 15.8. The first-order chi connectivity index (χ1) is 12.5. The van der Waals surface area contributed by atoms with Gasteiger partial charge in [0, 0.05) is 19.0 Å². The molecule has 1 N–H and O–H groups in total. The Labute approximate surface area is 155 Å². The van der Waals surface area contributed by atoms with E-state index in [4.69, 9.17) is 4.74 Å². The summed E-state index contributed by atoms with van der Waals surface area (Å²) in [5.74, 6) is 0.664. The van der Waals surface area contributed by atoms with Crippen molar-refractivity contribution in [3.05, 3.63) is 24.3 Å². The number of fused-ring (bicyclic) bond motifs is 1. The molecule has 7 heteroatoms. The molecule has 1 saturated carbocycles. The van der Waals surface area contributed by atoms with Crippen molar-refractivity contribution in [2.24, 2.45) is 5.92 Å². The molecule has 3 aliphatic rings. The molecule has 4 rings (SSSR count). The Morgan fingerprint density at radius 3 is 2.81 bits per heavy atom. The number of benzene rings is 1. The van der Waals surface area contributed by atoms with E-state index < -0.39 is 15.9 Å². The molecule has 1 aromatic rings. The van der Waals surface area contributed by atoms with Crippen LogP contribution in [0.15, 0.2) is 29.2 Å². The number of carbonyl (C=O) groups is 1. The Morgan fingerprint density at radius 1 is 1.23 bits per heavy atom. The number of hydrogen-bond acceptors (Lipinski definition) is 4. The van der Waals surface area contributed by atoms with Gasteiger partial charge in [-0.05, 0) is 37.8 Å². The molecule has 0 radical (unpaired) electrons. The number of piperidine rings is 1. The van der Waals surface area contributed by atoms with Crippen LogP contribution in [0.5, 0.6) is 5.75 Å². The van der Waals surface area contributed by atoms with Gasteiger partial charge in [-0.3, -0.25) is 4.79 Å². The monoisotopic (exact) mass is 378 g/mol. The standard InChI is InChI=1S/C19H26N2O4S/c22-18(15-7-2-1-3-8-15)21-12-6-11-19(13-21)14-25-16-9-4-5-10-17(16)26(23,24)20-19/h4-5,9-10,15H,1-3,6-8,11-14H2,(H-,20,23,24). The molecule has 6 nitrogen and oxygen atoms in total. The van der Waals surface area contributed by atoms with Crippen LogP contribution in [0, 0.1) is 5.92 Å². The molecule has 2 aliphatic heterocycles. The molecule has 26 heavy (non-hydrogen) atoms. The van der Waals surface area contributed by atoms with E-state index in [1.165, 1.54) is 6.42 Å². The molecular weight excluding hydrogens is 352 g/mol. The fourth-order valence-electron chi connectivity index (χ4n) is 4.51. The molecule has 2 fully saturated rings. The van der Waals surface area contributed by atoms with Crippen molar-refractivity contribution in [3.63, 3.8) is 0 Å². The summed E-state index contributed by atoms with van der Waals surface area (Å²) >= 11 is 0. The first-order valence-electron chi connectivity index (χ1n) is 9.54. The number of nitrogens with zero attached hydrogens (tertiary/aromatic N) is 1. The second-order valence-electron chi connectivity index (χ2n) is 7.82. The van der Waals surface area contributed by atoms with Crippen LogP contribution in [-0.4, -0.2) is 40.6 Å². The molecule has 0 aromatic heterocycles. The highest BCUT2D eigenvalue weighted by Gasteiger charge is 2.47. The van der Waals surface area contributed by atoms with Crippen molar-refractivity contribution in [2.45, 2.75) is 55.4 Å². The number of ether oxygens (including phenoxy) is 1. The van der Waals surface area contributed by atoms with Gasteiger partial charge in [-0.1, -0.05) is 35.6 Å².